The summed E-state index contributed by atoms with van der Waals surface area (Å²) in [6, 6.07) is 1.80. The minimum atomic E-state index is -0.122. The third-order valence-electron chi connectivity index (χ3n) is 3.95. The van der Waals surface area contributed by atoms with E-state index in [0.717, 1.165) is 24.8 Å². The fraction of sp³-hybridized carbons (Fsp3) is 0.600. The summed E-state index contributed by atoms with van der Waals surface area (Å²) in [4.78, 5) is 16.0. The second-order valence-corrected chi connectivity index (χ2v) is 6.83. The van der Waals surface area contributed by atoms with Crippen molar-refractivity contribution in [2.45, 2.75) is 38.7 Å². The topological polar surface area (TPSA) is 48.4 Å². The molecule has 0 amide bonds. The molecule has 0 aromatic carbocycles. The van der Waals surface area contributed by atoms with Gasteiger partial charge in [0.05, 0.1) is 12.5 Å². The normalized spacial score (nSPS) is 18.2. The molecule has 0 spiro atoms. The van der Waals surface area contributed by atoms with Gasteiger partial charge in [-0.05, 0) is 53.6 Å². The Hall–Kier alpha value is -0.810. The highest BCUT2D eigenvalue weighted by molar-refractivity contribution is 9.10. The van der Waals surface area contributed by atoms with Crippen molar-refractivity contribution in [2.24, 2.45) is 11.8 Å². The van der Waals surface area contributed by atoms with Crippen molar-refractivity contribution in [1.29, 1.82) is 0 Å². The van der Waals surface area contributed by atoms with E-state index in [1.807, 2.05) is 0 Å². The van der Waals surface area contributed by atoms with Crippen LogP contribution in [0.15, 0.2) is 10.7 Å². The van der Waals surface area contributed by atoms with Crippen LogP contribution in [0, 0.1) is 11.8 Å². The maximum absolute atomic E-state index is 11.8. The predicted molar refractivity (Wildman–Crippen MR) is 82.3 cm³/mol. The monoisotopic (exact) mass is 373 g/mol. The summed E-state index contributed by atoms with van der Waals surface area (Å²) in [6.07, 6.45) is 5.43. The number of rotatable bonds is 6. The van der Waals surface area contributed by atoms with Crippen molar-refractivity contribution < 1.29 is 14.3 Å². The highest BCUT2D eigenvalue weighted by Crippen LogP contribution is 2.33. The van der Waals surface area contributed by atoms with Gasteiger partial charge in [0, 0.05) is 5.56 Å². The number of hydrogen-bond donors (Lipinski definition) is 0. The van der Waals surface area contributed by atoms with E-state index in [2.05, 4.69) is 20.9 Å². The van der Waals surface area contributed by atoms with Gasteiger partial charge >= 0.3 is 5.97 Å². The average molecular weight is 375 g/mol. The first-order valence-electron chi connectivity index (χ1n) is 7.28. The van der Waals surface area contributed by atoms with Gasteiger partial charge in [-0.2, -0.15) is 0 Å². The molecule has 0 atom stereocenters. The Kier molecular flexibility index (Phi) is 4.69. The van der Waals surface area contributed by atoms with Crippen molar-refractivity contribution in [3.05, 3.63) is 21.4 Å². The second-order valence-electron chi connectivity index (χ2n) is 5.72. The van der Waals surface area contributed by atoms with Crippen molar-refractivity contribution in [2.75, 3.05) is 6.61 Å². The van der Waals surface area contributed by atoms with Crippen molar-refractivity contribution in [3.63, 3.8) is 0 Å². The number of halogens is 2. The molecule has 1 heterocycles. The summed E-state index contributed by atoms with van der Waals surface area (Å²) >= 11 is 9.43. The quantitative estimate of drug-likeness (QED) is 0.555. The van der Waals surface area contributed by atoms with Crippen molar-refractivity contribution in [1.82, 2.24) is 4.98 Å². The number of nitrogens with zero attached hydrogens (tertiary/aromatic N) is 1. The number of hydrogen-bond acceptors (Lipinski definition) is 4. The molecule has 0 saturated heterocycles. The summed E-state index contributed by atoms with van der Waals surface area (Å²) in [5, 5.41) is 0.330. The van der Waals surface area contributed by atoms with Crippen LogP contribution in [0.3, 0.4) is 0 Å². The molecule has 2 aliphatic rings. The van der Waals surface area contributed by atoms with Gasteiger partial charge in [-0.1, -0.05) is 18.0 Å². The zero-order valence-electron chi connectivity index (χ0n) is 11.6. The minimum Gasteiger partial charge on any atom is -0.490 e. The lowest BCUT2D eigenvalue weighted by Gasteiger charge is -2.23. The molecule has 0 N–H and O–H groups in total. The Morgan fingerprint density at radius 1 is 1.38 bits per heavy atom. The highest BCUT2D eigenvalue weighted by atomic mass is 79.9. The van der Waals surface area contributed by atoms with Crippen LogP contribution in [0.25, 0.3) is 0 Å². The van der Waals surface area contributed by atoms with E-state index in [1.165, 1.54) is 12.8 Å². The third kappa shape index (κ3) is 3.89. The van der Waals surface area contributed by atoms with Gasteiger partial charge < -0.3 is 9.47 Å². The molecule has 0 bridgehead atoms. The van der Waals surface area contributed by atoms with E-state index in [4.69, 9.17) is 21.1 Å². The predicted octanol–water partition coefficient (Wildman–Crippen LogP) is 4.13. The maximum Gasteiger partial charge on any atom is 0.309 e. The van der Waals surface area contributed by atoms with E-state index in [0.29, 0.717) is 28.0 Å². The van der Waals surface area contributed by atoms with Gasteiger partial charge in [-0.3, -0.25) is 4.79 Å². The lowest BCUT2D eigenvalue weighted by atomic mass is 9.86. The first-order chi connectivity index (χ1) is 10.1. The first-order valence-corrected chi connectivity index (χ1v) is 8.45. The van der Waals surface area contributed by atoms with Crippen molar-refractivity contribution in [3.8, 4) is 5.75 Å². The van der Waals surface area contributed by atoms with E-state index < -0.39 is 0 Å². The fourth-order valence-corrected chi connectivity index (χ4v) is 2.80. The average Bonchev–Trinajstić information content (AvgIpc) is 3.18. The van der Waals surface area contributed by atoms with E-state index in [1.54, 1.807) is 6.07 Å². The van der Waals surface area contributed by atoms with E-state index >= 15 is 0 Å². The molecular formula is C15H17BrClNO3. The molecule has 2 aliphatic carbocycles. The standard InChI is InChI=1S/C15H17BrClNO3/c16-13-11(8-21-15(19)10-2-1-3-10)6-12(14(17)18-13)20-7-9-4-5-9/h6,9-10H,1-5,7-8H2. The molecule has 2 fully saturated rings. The minimum absolute atomic E-state index is 0.0784. The lowest BCUT2D eigenvalue weighted by Crippen LogP contribution is -2.24. The fourth-order valence-electron chi connectivity index (χ4n) is 2.10. The van der Waals surface area contributed by atoms with Crippen LogP contribution in [0.5, 0.6) is 5.75 Å². The van der Waals surface area contributed by atoms with Crippen LogP contribution in [0.2, 0.25) is 5.15 Å². The lowest BCUT2D eigenvalue weighted by molar-refractivity contribution is -0.152. The number of pyridine rings is 1. The molecule has 1 aromatic rings. The van der Waals surface area contributed by atoms with Gasteiger partial charge in [-0.15, -0.1) is 0 Å². The molecule has 4 nitrogen and oxygen atoms in total. The molecule has 6 heteroatoms. The summed E-state index contributed by atoms with van der Waals surface area (Å²) in [7, 11) is 0. The molecule has 2 saturated carbocycles. The number of esters is 1. The van der Waals surface area contributed by atoms with Crippen LogP contribution in [0.1, 0.15) is 37.7 Å². The van der Waals surface area contributed by atoms with Crippen LogP contribution in [-0.4, -0.2) is 17.6 Å². The largest absolute Gasteiger partial charge is 0.490 e. The number of carbonyl (C=O) groups excluding carboxylic acids is 1. The Morgan fingerprint density at radius 3 is 2.76 bits per heavy atom. The Bertz CT molecular complexity index is 544. The molecule has 0 aliphatic heterocycles. The van der Waals surface area contributed by atoms with E-state index in [-0.39, 0.29) is 18.5 Å². The van der Waals surface area contributed by atoms with Crippen molar-refractivity contribution >= 4 is 33.5 Å². The molecule has 0 unspecified atom stereocenters. The molecule has 114 valence electrons. The zero-order chi connectivity index (χ0) is 14.8. The van der Waals surface area contributed by atoms with Crippen LogP contribution in [0.4, 0.5) is 0 Å². The van der Waals surface area contributed by atoms with Gasteiger partial charge in [0.2, 0.25) is 0 Å². The van der Waals surface area contributed by atoms with Crippen LogP contribution < -0.4 is 4.74 Å². The summed E-state index contributed by atoms with van der Waals surface area (Å²) in [6.45, 7) is 0.865. The maximum atomic E-state index is 11.8. The van der Waals surface area contributed by atoms with Crippen LogP contribution in [-0.2, 0) is 16.1 Å². The highest BCUT2D eigenvalue weighted by Gasteiger charge is 2.27. The van der Waals surface area contributed by atoms with Gasteiger partial charge in [0.1, 0.15) is 11.2 Å². The smallest absolute Gasteiger partial charge is 0.309 e. The summed E-state index contributed by atoms with van der Waals surface area (Å²) in [5.41, 5.74) is 0.776. The second kappa shape index (κ2) is 6.53. The molecule has 21 heavy (non-hydrogen) atoms. The third-order valence-corrected chi connectivity index (χ3v) is 4.91. The number of aromatic nitrogens is 1. The van der Waals surface area contributed by atoms with Gasteiger partial charge in [0.25, 0.3) is 0 Å². The molecule has 0 radical (unpaired) electrons. The summed E-state index contributed by atoms with van der Waals surface area (Å²) in [5.74, 6) is 1.16. The molecule has 3 rings (SSSR count). The zero-order valence-corrected chi connectivity index (χ0v) is 14.0. The summed E-state index contributed by atoms with van der Waals surface area (Å²) < 4.78 is 11.6. The first kappa shape index (κ1) is 15.1. The van der Waals surface area contributed by atoms with E-state index in [9.17, 15) is 4.79 Å². The van der Waals surface area contributed by atoms with Gasteiger partial charge in [-0.25, -0.2) is 4.98 Å². The van der Waals surface area contributed by atoms with Crippen LogP contribution >= 0.6 is 27.5 Å². The number of ether oxygens (including phenoxy) is 2. The Morgan fingerprint density at radius 2 is 2.14 bits per heavy atom. The molecular weight excluding hydrogens is 358 g/mol. The Balaban J connectivity index is 1.61. The molecule has 1 aromatic heterocycles. The Labute approximate surface area is 137 Å². The number of carbonyl (C=O) groups is 1. The van der Waals surface area contributed by atoms with Gasteiger partial charge in [0.15, 0.2) is 10.9 Å². The SMILES string of the molecule is O=C(OCc1cc(OCC2CC2)c(Cl)nc1Br)C1CCC1.